The fourth-order valence-corrected chi connectivity index (χ4v) is 6.33. The Balaban J connectivity index is 1.52. The fourth-order valence-electron chi connectivity index (χ4n) is 6.33. The number of benzene rings is 2. The van der Waals surface area contributed by atoms with E-state index in [1.54, 1.807) is 19.2 Å². The molecule has 1 N–H and O–H groups in total. The summed E-state index contributed by atoms with van der Waals surface area (Å²) in [4.78, 5) is 15.8. The van der Waals surface area contributed by atoms with Crippen LogP contribution < -0.4 is 10.2 Å². The number of hydrogen-bond donors (Lipinski definition) is 1. The van der Waals surface area contributed by atoms with Crippen LogP contribution in [0.5, 0.6) is 11.5 Å². The first kappa shape index (κ1) is 21.1. The predicted molar refractivity (Wildman–Crippen MR) is 126 cm³/mol. The Labute approximate surface area is 188 Å². The number of ether oxygens (including phenoxy) is 1. The van der Waals surface area contributed by atoms with Crippen molar-refractivity contribution in [3.63, 3.8) is 0 Å². The summed E-state index contributed by atoms with van der Waals surface area (Å²) >= 11 is 0. The van der Waals surface area contributed by atoms with E-state index in [0.29, 0.717) is 45.5 Å². The van der Waals surface area contributed by atoms with Crippen molar-refractivity contribution in [2.45, 2.75) is 52.6 Å². The Morgan fingerprint density at radius 3 is 2.59 bits per heavy atom. The zero-order chi connectivity index (χ0) is 22.7. The van der Waals surface area contributed by atoms with Crippen LogP contribution in [0.1, 0.15) is 45.6 Å². The van der Waals surface area contributed by atoms with Gasteiger partial charge in [-0.1, -0.05) is 32.9 Å². The number of fused-ring (bicyclic) bond motifs is 3. The highest BCUT2D eigenvalue weighted by Crippen LogP contribution is 2.53. The average molecular weight is 434 g/mol. The molecular weight excluding hydrogens is 402 g/mol. The molecule has 5 heteroatoms. The lowest BCUT2D eigenvalue weighted by atomic mass is 9.65. The quantitative estimate of drug-likeness (QED) is 0.582. The van der Waals surface area contributed by atoms with Crippen molar-refractivity contribution < 1.29 is 14.3 Å². The number of methoxy groups -OCH3 is 1. The summed E-state index contributed by atoms with van der Waals surface area (Å²) in [7, 11) is 1.61. The third-order valence-electron chi connectivity index (χ3n) is 7.31. The zero-order valence-electron chi connectivity index (χ0n) is 19.3. The normalized spacial score (nSPS) is 24.7. The molecule has 0 radical (unpaired) electrons. The highest BCUT2D eigenvalue weighted by molar-refractivity contribution is 5.85. The molecule has 2 heterocycles. The number of aromatic hydroxyl groups is 1. The second-order valence-corrected chi connectivity index (χ2v) is 10.8. The second kappa shape index (κ2) is 7.38. The minimum absolute atomic E-state index is 0.0917. The number of likely N-dealkylation sites (tertiary alicyclic amines) is 1. The number of phenolic OH excluding ortho intramolecular Hbond substituents is 1. The SMILES string of the molecule is COc1ccc(-c2coc3c(CN4C[C@@]5(C)C[C@@H]4CC(C)(C)C5)c(O)ccc3c2=O)cc1. The Bertz CT molecular complexity index is 1230. The smallest absolute Gasteiger partial charge is 0.200 e. The molecule has 0 amide bonds. The third kappa shape index (κ3) is 3.58. The van der Waals surface area contributed by atoms with Crippen molar-refractivity contribution in [1.29, 1.82) is 0 Å². The van der Waals surface area contributed by atoms with Gasteiger partial charge in [-0.05, 0) is 59.9 Å². The first-order valence-electron chi connectivity index (χ1n) is 11.3. The van der Waals surface area contributed by atoms with Gasteiger partial charge in [-0.25, -0.2) is 0 Å². The molecule has 3 aromatic rings. The van der Waals surface area contributed by atoms with E-state index < -0.39 is 0 Å². The highest BCUT2D eigenvalue weighted by atomic mass is 16.5. The maximum Gasteiger partial charge on any atom is 0.200 e. The van der Waals surface area contributed by atoms with E-state index in [1.807, 2.05) is 24.3 Å². The molecule has 2 bridgehead atoms. The van der Waals surface area contributed by atoms with Crippen molar-refractivity contribution in [3.8, 4) is 22.6 Å². The standard InChI is InChI=1S/C27H31NO4/c1-26(2)11-18-12-27(3,15-26)16-28(18)13-21-23(29)10-9-20-24(30)22(14-32-25(20)21)17-5-7-19(31-4)8-6-17/h5-10,14,18,29H,11-13,15-16H2,1-4H3/t18-,27-/m0/s1. The first-order chi connectivity index (χ1) is 15.2. The molecule has 0 spiro atoms. The Kier molecular flexibility index (Phi) is 4.86. The molecule has 32 heavy (non-hydrogen) atoms. The van der Waals surface area contributed by atoms with Crippen molar-refractivity contribution in [2.24, 2.45) is 10.8 Å². The number of rotatable bonds is 4. The zero-order valence-corrected chi connectivity index (χ0v) is 19.3. The van der Waals surface area contributed by atoms with Crippen LogP contribution in [-0.2, 0) is 6.54 Å². The maximum atomic E-state index is 13.3. The minimum Gasteiger partial charge on any atom is -0.507 e. The summed E-state index contributed by atoms with van der Waals surface area (Å²) in [5.74, 6) is 0.919. The Morgan fingerprint density at radius 2 is 1.88 bits per heavy atom. The number of hydrogen-bond acceptors (Lipinski definition) is 5. The van der Waals surface area contributed by atoms with Crippen molar-refractivity contribution in [2.75, 3.05) is 13.7 Å². The Hall–Kier alpha value is -2.79. The molecule has 168 valence electrons. The van der Waals surface area contributed by atoms with E-state index >= 15 is 0 Å². The van der Waals surface area contributed by atoms with Crippen molar-refractivity contribution in [3.05, 3.63) is 58.4 Å². The van der Waals surface area contributed by atoms with Crippen LogP contribution >= 0.6 is 0 Å². The lowest BCUT2D eigenvalue weighted by Gasteiger charge is -2.40. The van der Waals surface area contributed by atoms with Crippen molar-refractivity contribution >= 4 is 11.0 Å². The first-order valence-corrected chi connectivity index (χ1v) is 11.3. The molecule has 1 aromatic heterocycles. The van der Waals surface area contributed by atoms with Crippen LogP contribution in [0, 0.1) is 10.8 Å². The van der Waals surface area contributed by atoms with Gasteiger partial charge in [-0.3, -0.25) is 9.69 Å². The molecule has 5 nitrogen and oxygen atoms in total. The van der Waals surface area contributed by atoms with E-state index in [1.165, 1.54) is 19.1 Å². The molecule has 1 aliphatic carbocycles. The molecular formula is C27H31NO4. The molecule has 2 aromatic carbocycles. The maximum absolute atomic E-state index is 13.3. The van der Waals surface area contributed by atoms with E-state index in [0.717, 1.165) is 24.3 Å². The van der Waals surface area contributed by atoms with Gasteiger partial charge in [0, 0.05) is 19.1 Å². The van der Waals surface area contributed by atoms with Gasteiger partial charge in [-0.15, -0.1) is 0 Å². The van der Waals surface area contributed by atoms with Crippen LogP contribution in [0.2, 0.25) is 0 Å². The van der Waals surface area contributed by atoms with Gasteiger partial charge < -0.3 is 14.3 Å². The topological polar surface area (TPSA) is 62.9 Å². The molecule has 2 fully saturated rings. The van der Waals surface area contributed by atoms with Gasteiger partial charge in [0.1, 0.15) is 23.3 Å². The van der Waals surface area contributed by atoms with E-state index in [-0.39, 0.29) is 11.2 Å². The van der Waals surface area contributed by atoms with E-state index in [4.69, 9.17) is 9.15 Å². The van der Waals surface area contributed by atoms with E-state index in [9.17, 15) is 9.90 Å². The van der Waals surface area contributed by atoms with E-state index in [2.05, 4.69) is 25.7 Å². The largest absolute Gasteiger partial charge is 0.507 e. The molecule has 2 atom stereocenters. The average Bonchev–Trinajstić information content (AvgIpc) is 2.98. The molecule has 2 aliphatic rings. The van der Waals surface area contributed by atoms with Crippen LogP contribution in [0.3, 0.4) is 0 Å². The van der Waals surface area contributed by atoms with Gasteiger partial charge in [0.2, 0.25) is 5.43 Å². The third-order valence-corrected chi connectivity index (χ3v) is 7.31. The molecule has 1 saturated heterocycles. The minimum atomic E-state index is -0.0917. The van der Waals surface area contributed by atoms with Crippen LogP contribution in [0.25, 0.3) is 22.1 Å². The lowest BCUT2D eigenvalue weighted by Crippen LogP contribution is -2.34. The van der Waals surface area contributed by atoms with Crippen LogP contribution in [-0.4, -0.2) is 29.7 Å². The molecule has 1 saturated carbocycles. The monoisotopic (exact) mass is 433 g/mol. The van der Waals surface area contributed by atoms with Gasteiger partial charge in [0.05, 0.1) is 23.6 Å². The summed E-state index contributed by atoms with van der Waals surface area (Å²) in [5.41, 5.74) is 3.00. The van der Waals surface area contributed by atoms with Crippen LogP contribution in [0.15, 0.2) is 51.9 Å². The van der Waals surface area contributed by atoms with Gasteiger partial charge in [0.15, 0.2) is 0 Å². The second-order valence-electron chi connectivity index (χ2n) is 10.8. The summed E-state index contributed by atoms with van der Waals surface area (Å²) in [6.07, 6.45) is 5.07. The van der Waals surface area contributed by atoms with Crippen LogP contribution in [0.4, 0.5) is 0 Å². The summed E-state index contributed by atoms with van der Waals surface area (Å²) in [6.45, 7) is 8.69. The Morgan fingerprint density at radius 1 is 1.12 bits per heavy atom. The predicted octanol–water partition coefficient (Wildman–Crippen LogP) is 5.57. The van der Waals surface area contributed by atoms with Gasteiger partial charge >= 0.3 is 0 Å². The van der Waals surface area contributed by atoms with Crippen molar-refractivity contribution in [1.82, 2.24) is 4.90 Å². The fraction of sp³-hybridized carbons (Fsp3) is 0.444. The highest BCUT2D eigenvalue weighted by Gasteiger charge is 2.49. The molecule has 5 rings (SSSR count). The molecule has 0 unspecified atom stereocenters. The molecule has 1 aliphatic heterocycles. The summed E-state index contributed by atoms with van der Waals surface area (Å²) in [5, 5.41) is 11.2. The lowest BCUT2D eigenvalue weighted by molar-refractivity contribution is 0.126. The van der Waals surface area contributed by atoms with Gasteiger partial charge in [0.25, 0.3) is 0 Å². The number of phenols is 1. The number of nitrogens with zero attached hydrogens (tertiary/aromatic N) is 1. The van der Waals surface area contributed by atoms with Gasteiger partial charge in [-0.2, -0.15) is 0 Å². The summed E-state index contributed by atoms with van der Waals surface area (Å²) in [6, 6.07) is 11.1. The summed E-state index contributed by atoms with van der Waals surface area (Å²) < 4.78 is 11.2.